The van der Waals surface area contributed by atoms with Crippen molar-refractivity contribution in [2.75, 3.05) is 6.61 Å². The van der Waals surface area contributed by atoms with Crippen molar-refractivity contribution < 1.29 is 24.5 Å². The van der Waals surface area contributed by atoms with E-state index >= 15 is 0 Å². The van der Waals surface area contributed by atoms with Gasteiger partial charge >= 0.3 is 5.97 Å². The maximum Gasteiger partial charge on any atom is 0.306 e. The topological polar surface area (TPSA) is 95.9 Å². The smallest absolute Gasteiger partial charge is 0.306 e. The van der Waals surface area contributed by atoms with Gasteiger partial charge in [0.05, 0.1) is 25.2 Å². The van der Waals surface area contributed by atoms with E-state index in [0.717, 1.165) is 109 Å². The molecule has 0 saturated carbocycles. The molecule has 0 fully saturated rings. The summed E-state index contributed by atoms with van der Waals surface area (Å²) in [5, 5.41) is 23.7. The molecule has 6 heteroatoms. The molecular weight excluding hydrogens is 707 g/mol. The molecule has 3 unspecified atom stereocenters. The zero-order valence-corrected chi connectivity index (χ0v) is 37.2. The highest BCUT2D eigenvalue weighted by Gasteiger charge is 2.24. The SMILES string of the molecule is CC/C=C/C=C/C=C/C=C\CCCCCCCC(=O)OC(CCCCCCC/C=C/C/C=C/CC)CC(=O)NC(CO)C(O)CCCCCCCCCCCCC. The molecule has 57 heavy (non-hydrogen) atoms. The van der Waals surface area contributed by atoms with Crippen LogP contribution in [0.2, 0.25) is 0 Å². The second-order valence-electron chi connectivity index (χ2n) is 15.8. The molecule has 0 aromatic rings. The van der Waals surface area contributed by atoms with E-state index in [0.29, 0.717) is 19.3 Å². The highest BCUT2D eigenvalue weighted by Crippen LogP contribution is 2.17. The van der Waals surface area contributed by atoms with Gasteiger partial charge in [-0.2, -0.15) is 0 Å². The molecule has 0 radical (unpaired) electrons. The number of nitrogens with one attached hydrogen (secondary N) is 1. The molecule has 0 aliphatic heterocycles. The summed E-state index contributed by atoms with van der Waals surface area (Å²) in [4.78, 5) is 26.0. The zero-order valence-electron chi connectivity index (χ0n) is 37.2. The predicted molar refractivity (Wildman–Crippen MR) is 245 cm³/mol. The van der Waals surface area contributed by atoms with Gasteiger partial charge < -0.3 is 20.3 Å². The Morgan fingerprint density at radius 3 is 1.63 bits per heavy atom. The molecule has 0 rings (SSSR count). The summed E-state index contributed by atoms with van der Waals surface area (Å²) in [6.45, 7) is 6.21. The van der Waals surface area contributed by atoms with Crippen molar-refractivity contribution >= 4 is 11.9 Å². The van der Waals surface area contributed by atoms with E-state index in [1.807, 2.05) is 18.2 Å². The maximum absolute atomic E-state index is 13.1. The third kappa shape index (κ3) is 39.9. The summed E-state index contributed by atoms with van der Waals surface area (Å²) in [6.07, 6.45) is 55.3. The first-order chi connectivity index (χ1) is 28.0. The molecule has 3 N–H and O–H groups in total. The summed E-state index contributed by atoms with van der Waals surface area (Å²) < 4.78 is 5.90. The number of carbonyl (C=O) groups excluding carboxylic acids is 2. The van der Waals surface area contributed by atoms with E-state index in [1.165, 1.54) is 57.8 Å². The third-order valence-corrected chi connectivity index (χ3v) is 10.4. The van der Waals surface area contributed by atoms with Gasteiger partial charge in [-0.3, -0.25) is 9.59 Å². The normalized spacial score (nSPS) is 14.0. The van der Waals surface area contributed by atoms with Crippen LogP contribution >= 0.6 is 0 Å². The van der Waals surface area contributed by atoms with Crippen LogP contribution in [-0.4, -0.2) is 46.9 Å². The van der Waals surface area contributed by atoms with Crippen LogP contribution in [0.15, 0.2) is 72.9 Å². The van der Waals surface area contributed by atoms with Gasteiger partial charge in [0.1, 0.15) is 6.10 Å². The fourth-order valence-corrected chi connectivity index (χ4v) is 6.83. The lowest BCUT2D eigenvalue weighted by Crippen LogP contribution is -2.46. The number of carbonyl (C=O) groups is 2. The largest absolute Gasteiger partial charge is 0.462 e. The lowest BCUT2D eigenvalue weighted by molar-refractivity contribution is -0.151. The highest BCUT2D eigenvalue weighted by atomic mass is 16.5. The van der Waals surface area contributed by atoms with E-state index < -0.39 is 18.2 Å². The van der Waals surface area contributed by atoms with E-state index in [9.17, 15) is 19.8 Å². The molecule has 0 aromatic carbocycles. The van der Waals surface area contributed by atoms with Crippen molar-refractivity contribution in [1.82, 2.24) is 5.32 Å². The van der Waals surface area contributed by atoms with Gasteiger partial charge in [-0.15, -0.1) is 0 Å². The molecule has 6 nitrogen and oxygen atoms in total. The van der Waals surface area contributed by atoms with Crippen LogP contribution in [-0.2, 0) is 14.3 Å². The number of allylic oxidation sites excluding steroid dienone is 12. The number of esters is 1. The van der Waals surface area contributed by atoms with Gasteiger partial charge in [0.2, 0.25) is 5.91 Å². The third-order valence-electron chi connectivity index (χ3n) is 10.4. The molecule has 0 aliphatic rings. The molecule has 1 amide bonds. The van der Waals surface area contributed by atoms with Gasteiger partial charge in [-0.25, -0.2) is 0 Å². The minimum atomic E-state index is -0.797. The van der Waals surface area contributed by atoms with E-state index in [2.05, 4.69) is 80.8 Å². The van der Waals surface area contributed by atoms with Crippen LogP contribution < -0.4 is 5.32 Å². The minimum absolute atomic E-state index is 0.0551. The monoisotopic (exact) mass is 796 g/mol. The minimum Gasteiger partial charge on any atom is -0.462 e. The lowest BCUT2D eigenvalue weighted by Gasteiger charge is -2.24. The lowest BCUT2D eigenvalue weighted by atomic mass is 10.0. The number of aliphatic hydroxyl groups is 2. The number of hydrogen-bond acceptors (Lipinski definition) is 5. The Labute approximate surface area is 351 Å². The van der Waals surface area contributed by atoms with Crippen molar-refractivity contribution in [3.05, 3.63) is 72.9 Å². The van der Waals surface area contributed by atoms with Crippen LogP contribution in [0.4, 0.5) is 0 Å². The fourth-order valence-electron chi connectivity index (χ4n) is 6.83. The number of ether oxygens (including phenoxy) is 1. The number of rotatable bonds is 41. The molecule has 3 atom stereocenters. The second-order valence-corrected chi connectivity index (χ2v) is 15.8. The van der Waals surface area contributed by atoms with Crippen LogP contribution in [0.1, 0.15) is 213 Å². The Bertz CT molecular complexity index is 1070. The Morgan fingerprint density at radius 2 is 1.04 bits per heavy atom. The first-order valence-corrected chi connectivity index (χ1v) is 23.7. The standard InChI is InChI=1S/C51H89NO5/c1-4-7-10-13-16-19-22-24-25-26-29-32-35-38-41-44-51(56)57-47(42-39-36-33-30-28-23-20-17-14-11-8-5-2)45-50(55)52-48(46-53)49(54)43-40-37-34-31-27-21-18-15-12-9-6-3/h7-8,10-11,13,16-17,19-20,22,24-25,47-49,53-54H,4-6,9,12,14-15,18,21,23,26-46H2,1-3H3,(H,52,55)/b10-7+,11-8+,16-13+,20-17+,22-19+,25-24-. The second kappa shape index (κ2) is 44.4. The van der Waals surface area contributed by atoms with E-state index in [4.69, 9.17) is 4.74 Å². The van der Waals surface area contributed by atoms with Crippen molar-refractivity contribution in [2.45, 2.75) is 232 Å². The average molecular weight is 796 g/mol. The molecule has 328 valence electrons. The Hall–Kier alpha value is -2.70. The van der Waals surface area contributed by atoms with Gasteiger partial charge in [0.25, 0.3) is 0 Å². The average Bonchev–Trinajstić information content (AvgIpc) is 3.20. The molecule has 0 bridgehead atoms. The Kier molecular flexibility index (Phi) is 42.3. The molecule has 0 saturated heterocycles. The summed E-state index contributed by atoms with van der Waals surface area (Å²) in [7, 11) is 0. The van der Waals surface area contributed by atoms with Gasteiger partial charge in [-0.05, 0) is 70.6 Å². The van der Waals surface area contributed by atoms with E-state index in [-0.39, 0.29) is 24.9 Å². The quantitative estimate of drug-likeness (QED) is 0.0248. The number of aliphatic hydroxyl groups excluding tert-OH is 2. The van der Waals surface area contributed by atoms with Crippen LogP contribution in [0, 0.1) is 0 Å². The zero-order chi connectivity index (χ0) is 41.7. The molecule has 0 spiro atoms. The summed E-state index contributed by atoms with van der Waals surface area (Å²) >= 11 is 0. The molecule has 0 heterocycles. The molecule has 0 aromatic heterocycles. The van der Waals surface area contributed by atoms with Crippen molar-refractivity contribution in [1.29, 1.82) is 0 Å². The number of unbranched alkanes of at least 4 members (excludes halogenated alkanes) is 20. The Morgan fingerprint density at radius 1 is 0.544 bits per heavy atom. The van der Waals surface area contributed by atoms with Crippen LogP contribution in [0.25, 0.3) is 0 Å². The summed E-state index contributed by atoms with van der Waals surface area (Å²) in [6, 6.07) is -0.712. The molecule has 0 aliphatic carbocycles. The maximum atomic E-state index is 13.1. The van der Waals surface area contributed by atoms with Gasteiger partial charge in [-0.1, -0.05) is 203 Å². The fraction of sp³-hybridized carbons (Fsp3) is 0.725. The summed E-state index contributed by atoms with van der Waals surface area (Å²) in [5.74, 6) is -0.520. The first-order valence-electron chi connectivity index (χ1n) is 23.7. The number of hydrogen-bond donors (Lipinski definition) is 3. The predicted octanol–water partition coefficient (Wildman–Crippen LogP) is 13.8. The van der Waals surface area contributed by atoms with Gasteiger partial charge in [0.15, 0.2) is 0 Å². The van der Waals surface area contributed by atoms with Crippen molar-refractivity contribution in [3.8, 4) is 0 Å². The van der Waals surface area contributed by atoms with Crippen molar-refractivity contribution in [2.24, 2.45) is 0 Å². The van der Waals surface area contributed by atoms with Gasteiger partial charge in [0, 0.05) is 6.42 Å². The Balaban J connectivity index is 4.65. The summed E-state index contributed by atoms with van der Waals surface area (Å²) in [5.41, 5.74) is 0. The first kappa shape index (κ1) is 54.3. The number of amides is 1. The van der Waals surface area contributed by atoms with Crippen molar-refractivity contribution in [3.63, 3.8) is 0 Å². The van der Waals surface area contributed by atoms with Crippen LogP contribution in [0.5, 0.6) is 0 Å². The highest BCUT2D eigenvalue weighted by molar-refractivity contribution is 5.77. The van der Waals surface area contributed by atoms with Crippen LogP contribution in [0.3, 0.4) is 0 Å². The van der Waals surface area contributed by atoms with E-state index in [1.54, 1.807) is 0 Å². The molecular formula is C51H89NO5.